The fourth-order valence-electron chi connectivity index (χ4n) is 13.5. The van der Waals surface area contributed by atoms with Gasteiger partial charge in [0.25, 0.3) is 0 Å². The van der Waals surface area contributed by atoms with Crippen molar-refractivity contribution >= 4 is 0 Å². The summed E-state index contributed by atoms with van der Waals surface area (Å²) in [6.07, 6.45) is 53.1. The zero-order valence-corrected chi connectivity index (χ0v) is 32.7. The van der Waals surface area contributed by atoms with Gasteiger partial charge in [0, 0.05) is 35.9 Å². The van der Waals surface area contributed by atoms with E-state index in [0.29, 0.717) is 18.0 Å². The van der Waals surface area contributed by atoms with E-state index >= 15 is 0 Å². The Morgan fingerprint density at radius 3 is 1.86 bits per heavy atom. The largest absolute Gasteiger partial charge is 0.365 e. The highest BCUT2D eigenvalue weighted by molar-refractivity contribution is 5.39. The number of allylic oxidation sites excluding steroid dienone is 7. The second-order valence-corrected chi connectivity index (χ2v) is 19.5. The van der Waals surface area contributed by atoms with E-state index in [1.807, 2.05) is 0 Å². The van der Waals surface area contributed by atoms with Crippen molar-refractivity contribution in [1.82, 2.24) is 9.80 Å². The van der Waals surface area contributed by atoms with Gasteiger partial charge >= 0.3 is 0 Å². The van der Waals surface area contributed by atoms with Gasteiger partial charge in [-0.1, -0.05) is 122 Å². The molecular weight excluding hydrogens is 605 g/mol. The SMILES string of the molecule is CC1C2=CC=CC=CC(=C2)N(C2CCCCC3CC3CC2)C2CC1CCC1CC(C2)N(C2CCCCCCC2)C2CCCCCCC(C2)C1C. The highest BCUT2D eigenvalue weighted by Gasteiger charge is 2.45. The summed E-state index contributed by atoms with van der Waals surface area (Å²) < 4.78 is 0. The molecule has 0 aromatic heterocycles. The van der Waals surface area contributed by atoms with E-state index in [4.69, 9.17) is 0 Å². The lowest BCUT2D eigenvalue weighted by Crippen LogP contribution is -2.55. The zero-order chi connectivity index (χ0) is 33.9. The van der Waals surface area contributed by atoms with E-state index in [2.05, 4.69) is 60.1 Å². The predicted molar refractivity (Wildman–Crippen MR) is 213 cm³/mol. The van der Waals surface area contributed by atoms with Crippen LogP contribution in [0.1, 0.15) is 181 Å². The smallest absolute Gasteiger partial charge is 0.0374 e. The number of hydrogen-bond donors (Lipinski definition) is 0. The molecule has 8 aliphatic rings. The molecular formula is C48H76N2. The average molecular weight is 681 g/mol. The molecule has 11 atom stereocenters. The van der Waals surface area contributed by atoms with Crippen molar-refractivity contribution in [2.24, 2.45) is 41.4 Å². The van der Waals surface area contributed by atoms with Crippen LogP contribution in [-0.2, 0) is 0 Å². The van der Waals surface area contributed by atoms with Gasteiger partial charge in [-0.25, -0.2) is 0 Å². The Kier molecular flexibility index (Phi) is 12.0. The van der Waals surface area contributed by atoms with Crippen LogP contribution in [0.5, 0.6) is 0 Å². The van der Waals surface area contributed by atoms with Crippen LogP contribution < -0.4 is 0 Å². The molecule has 8 rings (SSSR count). The van der Waals surface area contributed by atoms with Crippen LogP contribution in [0.25, 0.3) is 0 Å². The maximum Gasteiger partial charge on any atom is 0.0374 e. The molecule has 278 valence electrons. The fraction of sp³-hybridized carbons (Fsp3) is 0.833. The maximum atomic E-state index is 3.39. The van der Waals surface area contributed by atoms with Crippen LogP contribution in [0.15, 0.2) is 47.7 Å². The van der Waals surface area contributed by atoms with Gasteiger partial charge in [-0.2, -0.15) is 0 Å². The van der Waals surface area contributed by atoms with Crippen molar-refractivity contribution < 1.29 is 0 Å². The van der Waals surface area contributed by atoms with Gasteiger partial charge in [0.15, 0.2) is 0 Å². The van der Waals surface area contributed by atoms with Gasteiger partial charge in [0.1, 0.15) is 0 Å². The lowest BCUT2D eigenvalue weighted by molar-refractivity contribution is -0.0147. The van der Waals surface area contributed by atoms with Crippen LogP contribution in [0.2, 0.25) is 0 Å². The van der Waals surface area contributed by atoms with E-state index in [0.717, 1.165) is 53.6 Å². The standard InChI is InChI=1S/C48H76N2/c1-35-37-17-9-6-7-13-23-45(30-37)49(43-20-11-4-3-5-12-21-43)47-32-39(35)25-26-40-33-48(34-47)50(44-22-16-15-19-41-29-42(41)27-28-44)46-24-14-8-10-18-38(31-46)36(40)2/h8,10,14,18,24,31,35-37,39-45,47-48H,3-7,9,11-13,15-17,19-23,25-30,32-34H2,1-2H3. The molecule has 11 unspecified atom stereocenters. The van der Waals surface area contributed by atoms with Crippen molar-refractivity contribution in [2.75, 3.05) is 0 Å². The summed E-state index contributed by atoms with van der Waals surface area (Å²) in [5, 5.41) is 0. The topological polar surface area (TPSA) is 6.48 Å². The van der Waals surface area contributed by atoms with Gasteiger partial charge in [0.05, 0.1) is 0 Å². The number of rotatable bonds is 2. The summed E-state index contributed by atoms with van der Waals surface area (Å²) in [7, 11) is 0. The Hall–Kier alpha value is -1.28. The predicted octanol–water partition coefficient (Wildman–Crippen LogP) is 13.0. The van der Waals surface area contributed by atoms with E-state index in [1.165, 1.54) is 167 Å². The maximum absolute atomic E-state index is 3.39. The van der Waals surface area contributed by atoms with Crippen LogP contribution in [0, 0.1) is 41.4 Å². The van der Waals surface area contributed by atoms with Crippen LogP contribution >= 0.6 is 0 Å². The quantitative estimate of drug-likeness (QED) is 0.286. The first-order valence-corrected chi connectivity index (χ1v) is 22.9. The van der Waals surface area contributed by atoms with Crippen molar-refractivity contribution in [3.8, 4) is 0 Å². The Labute approximate surface area is 309 Å². The third kappa shape index (κ3) is 8.26. The van der Waals surface area contributed by atoms with Gasteiger partial charge < -0.3 is 4.90 Å². The molecule has 0 aromatic carbocycles. The third-order valence-corrected chi connectivity index (χ3v) is 16.6. The molecule has 0 N–H and O–H groups in total. The Bertz CT molecular complexity index is 1220. The van der Waals surface area contributed by atoms with Crippen LogP contribution in [0.4, 0.5) is 0 Å². The molecule has 0 aromatic rings. The summed E-state index contributed by atoms with van der Waals surface area (Å²) in [5.74, 6) is 6.29. The van der Waals surface area contributed by atoms with E-state index in [9.17, 15) is 0 Å². The van der Waals surface area contributed by atoms with Gasteiger partial charge in [0.2, 0.25) is 0 Å². The highest BCUT2D eigenvalue weighted by atomic mass is 15.2. The van der Waals surface area contributed by atoms with E-state index < -0.39 is 0 Å². The minimum atomic E-state index is 0.645. The van der Waals surface area contributed by atoms with E-state index in [1.54, 1.807) is 11.3 Å². The normalized spacial score (nSPS) is 42.6. The number of likely N-dealkylation sites (tertiary alicyclic amines) is 1. The molecule has 5 saturated carbocycles. The monoisotopic (exact) mass is 681 g/mol. The lowest BCUT2D eigenvalue weighted by Gasteiger charge is -2.52. The number of nitrogens with zero attached hydrogens (tertiary/aromatic N) is 2. The minimum absolute atomic E-state index is 0.645. The number of hydrogen-bond acceptors (Lipinski definition) is 2. The van der Waals surface area contributed by atoms with Gasteiger partial charge in [-0.3, -0.25) is 4.90 Å². The molecule has 50 heavy (non-hydrogen) atoms. The summed E-state index contributed by atoms with van der Waals surface area (Å²) >= 11 is 0. The first-order valence-electron chi connectivity index (χ1n) is 22.9. The number of fused-ring (bicyclic) bond motifs is 8. The lowest BCUT2D eigenvalue weighted by atomic mass is 9.70. The average Bonchev–Trinajstić information content (AvgIpc) is 3.77. The zero-order valence-electron chi connectivity index (χ0n) is 32.7. The van der Waals surface area contributed by atoms with Crippen molar-refractivity contribution in [2.45, 2.75) is 211 Å². The Balaban J connectivity index is 1.21. The molecule has 6 aliphatic carbocycles. The molecule has 6 fully saturated rings. The first kappa shape index (κ1) is 35.7. The summed E-state index contributed by atoms with van der Waals surface area (Å²) in [5.41, 5.74) is 3.18. The summed E-state index contributed by atoms with van der Waals surface area (Å²) in [6, 6.07) is 3.80. The summed E-state index contributed by atoms with van der Waals surface area (Å²) in [6.45, 7) is 5.39. The second-order valence-electron chi connectivity index (χ2n) is 19.5. The highest BCUT2D eigenvalue weighted by Crippen LogP contribution is 2.50. The van der Waals surface area contributed by atoms with E-state index in [-0.39, 0.29) is 0 Å². The molecule has 2 nitrogen and oxygen atoms in total. The van der Waals surface area contributed by atoms with Gasteiger partial charge in [-0.05, 0) is 143 Å². The Morgan fingerprint density at radius 1 is 0.440 bits per heavy atom. The molecule has 0 amide bonds. The van der Waals surface area contributed by atoms with Crippen molar-refractivity contribution in [3.05, 3.63) is 47.7 Å². The molecule has 2 aliphatic heterocycles. The fourth-order valence-corrected chi connectivity index (χ4v) is 13.5. The first-order chi connectivity index (χ1) is 24.6. The van der Waals surface area contributed by atoms with Crippen molar-refractivity contribution in [3.63, 3.8) is 0 Å². The molecule has 8 bridgehead atoms. The molecule has 0 spiro atoms. The summed E-state index contributed by atoms with van der Waals surface area (Å²) in [4.78, 5) is 6.55. The van der Waals surface area contributed by atoms with Crippen LogP contribution in [0.3, 0.4) is 0 Å². The molecule has 2 heteroatoms. The molecule has 0 radical (unpaired) electrons. The molecule has 1 saturated heterocycles. The van der Waals surface area contributed by atoms with Gasteiger partial charge in [-0.15, -0.1) is 0 Å². The van der Waals surface area contributed by atoms with Crippen molar-refractivity contribution in [1.29, 1.82) is 0 Å². The van der Waals surface area contributed by atoms with Crippen LogP contribution in [-0.4, -0.2) is 40.0 Å². The third-order valence-electron chi connectivity index (χ3n) is 16.6. The second kappa shape index (κ2) is 16.8. The Morgan fingerprint density at radius 2 is 1.02 bits per heavy atom. The minimum Gasteiger partial charge on any atom is -0.365 e. The molecule has 2 heterocycles.